The summed E-state index contributed by atoms with van der Waals surface area (Å²) < 4.78 is 11.1. The van der Waals surface area contributed by atoms with Gasteiger partial charge in [0.2, 0.25) is 5.91 Å². The van der Waals surface area contributed by atoms with Crippen molar-refractivity contribution in [1.29, 1.82) is 0 Å². The lowest BCUT2D eigenvalue weighted by Gasteiger charge is -2.18. The van der Waals surface area contributed by atoms with Crippen molar-refractivity contribution in [2.45, 2.75) is 4.90 Å². The molecule has 1 aliphatic heterocycles. The first-order chi connectivity index (χ1) is 13.8. The molecule has 0 aromatic heterocycles. The van der Waals surface area contributed by atoms with E-state index in [0.29, 0.717) is 19.0 Å². The number of benzene rings is 3. The summed E-state index contributed by atoms with van der Waals surface area (Å²) in [4.78, 5) is 13.2. The van der Waals surface area contributed by atoms with Crippen LogP contribution in [-0.4, -0.2) is 24.9 Å². The van der Waals surface area contributed by atoms with Crippen LogP contribution in [-0.2, 0) is 4.79 Å². The number of carbonyl (C=O) groups excluding carboxylic acids is 1. The number of ether oxygens (including phenoxy) is 2. The van der Waals surface area contributed by atoms with Crippen LogP contribution in [0.5, 0.6) is 11.5 Å². The van der Waals surface area contributed by atoms with Crippen molar-refractivity contribution < 1.29 is 14.3 Å². The van der Waals surface area contributed by atoms with E-state index < -0.39 is 0 Å². The second-order valence-corrected chi connectivity index (χ2v) is 7.26. The monoisotopic (exact) mass is 392 g/mol. The number of nitrogens with one attached hydrogen (secondary N) is 2. The average molecular weight is 392 g/mol. The van der Waals surface area contributed by atoms with E-state index in [4.69, 9.17) is 9.47 Å². The summed E-state index contributed by atoms with van der Waals surface area (Å²) in [5, 5.41) is 6.24. The molecule has 0 atom stereocenters. The molecule has 4 rings (SSSR count). The van der Waals surface area contributed by atoms with Crippen molar-refractivity contribution >= 4 is 34.7 Å². The standard InChI is InChI=1S/C22H20N2O3S/c25-22(15-28-19-10-11-20-21(14-19)27-13-12-26-20)24-18-8-6-17(7-9-18)23-16-4-2-1-3-5-16/h1-11,14,23H,12-13,15H2,(H,24,25). The van der Waals surface area contributed by atoms with Gasteiger partial charge in [0.05, 0.1) is 5.75 Å². The predicted molar refractivity (Wildman–Crippen MR) is 113 cm³/mol. The molecule has 6 heteroatoms. The van der Waals surface area contributed by atoms with Crippen LogP contribution < -0.4 is 20.1 Å². The van der Waals surface area contributed by atoms with Gasteiger partial charge in [-0.25, -0.2) is 0 Å². The number of thioether (sulfide) groups is 1. The number of rotatable bonds is 6. The summed E-state index contributed by atoms with van der Waals surface area (Å²) >= 11 is 1.47. The highest BCUT2D eigenvalue weighted by Gasteiger charge is 2.12. The third-order valence-electron chi connectivity index (χ3n) is 4.11. The van der Waals surface area contributed by atoms with Gasteiger partial charge in [-0.15, -0.1) is 11.8 Å². The van der Waals surface area contributed by atoms with Gasteiger partial charge < -0.3 is 20.1 Å². The molecule has 142 valence electrons. The van der Waals surface area contributed by atoms with Crippen LogP contribution in [0, 0.1) is 0 Å². The molecule has 0 saturated carbocycles. The first kappa shape index (κ1) is 18.3. The third-order valence-corrected chi connectivity index (χ3v) is 5.11. The van der Waals surface area contributed by atoms with Gasteiger partial charge in [0, 0.05) is 22.0 Å². The highest BCUT2D eigenvalue weighted by molar-refractivity contribution is 8.00. The molecule has 0 saturated heterocycles. The largest absolute Gasteiger partial charge is 0.486 e. The molecule has 0 spiro atoms. The molecule has 1 heterocycles. The Kier molecular flexibility index (Phi) is 5.68. The minimum absolute atomic E-state index is 0.0522. The van der Waals surface area contributed by atoms with Crippen LogP contribution in [0.15, 0.2) is 77.7 Å². The van der Waals surface area contributed by atoms with Crippen molar-refractivity contribution in [3.8, 4) is 11.5 Å². The lowest BCUT2D eigenvalue weighted by molar-refractivity contribution is -0.113. The van der Waals surface area contributed by atoms with Gasteiger partial charge in [-0.1, -0.05) is 18.2 Å². The minimum atomic E-state index is -0.0522. The first-order valence-electron chi connectivity index (χ1n) is 9.01. The molecular weight excluding hydrogens is 372 g/mol. The van der Waals surface area contributed by atoms with E-state index in [2.05, 4.69) is 10.6 Å². The molecule has 28 heavy (non-hydrogen) atoms. The SMILES string of the molecule is O=C(CSc1ccc2c(c1)OCCO2)Nc1ccc(Nc2ccccc2)cc1. The number of para-hydroxylation sites is 1. The van der Waals surface area contributed by atoms with E-state index in [0.717, 1.165) is 33.5 Å². The van der Waals surface area contributed by atoms with E-state index >= 15 is 0 Å². The molecule has 0 bridgehead atoms. The summed E-state index contributed by atoms with van der Waals surface area (Å²) in [6.45, 7) is 1.12. The smallest absolute Gasteiger partial charge is 0.234 e. The van der Waals surface area contributed by atoms with E-state index in [1.807, 2.05) is 72.8 Å². The fourth-order valence-electron chi connectivity index (χ4n) is 2.78. The van der Waals surface area contributed by atoms with Gasteiger partial charge in [0.25, 0.3) is 0 Å². The van der Waals surface area contributed by atoms with E-state index in [-0.39, 0.29) is 5.91 Å². The van der Waals surface area contributed by atoms with E-state index in [9.17, 15) is 4.79 Å². The fourth-order valence-corrected chi connectivity index (χ4v) is 3.51. The molecule has 0 fully saturated rings. The summed E-state index contributed by atoms with van der Waals surface area (Å²) in [6.07, 6.45) is 0. The van der Waals surface area contributed by atoms with Crippen LogP contribution in [0.4, 0.5) is 17.1 Å². The second kappa shape index (κ2) is 8.71. The molecule has 1 amide bonds. The predicted octanol–water partition coefficient (Wildman–Crippen LogP) is 4.93. The van der Waals surface area contributed by atoms with E-state index in [1.54, 1.807) is 0 Å². The minimum Gasteiger partial charge on any atom is -0.486 e. The lowest BCUT2D eigenvalue weighted by atomic mass is 10.2. The zero-order valence-corrected chi connectivity index (χ0v) is 16.0. The Labute approximate surface area is 168 Å². The maximum atomic E-state index is 12.2. The van der Waals surface area contributed by atoms with Crippen molar-refractivity contribution in [3.05, 3.63) is 72.8 Å². The molecule has 5 nitrogen and oxygen atoms in total. The van der Waals surface area contributed by atoms with Gasteiger partial charge in [-0.2, -0.15) is 0 Å². The van der Waals surface area contributed by atoms with Crippen LogP contribution >= 0.6 is 11.8 Å². The Morgan fingerprint density at radius 1 is 0.821 bits per heavy atom. The van der Waals surface area contributed by atoms with Crippen molar-refractivity contribution in [3.63, 3.8) is 0 Å². The van der Waals surface area contributed by atoms with Crippen LogP contribution in [0.1, 0.15) is 0 Å². The third kappa shape index (κ3) is 4.78. The topological polar surface area (TPSA) is 59.6 Å². The van der Waals surface area contributed by atoms with Crippen LogP contribution in [0.3, 0.4) is 0 Å². The number of carbonyl (C=O) groups is 1. The van der Waals surface area contributed by atoms with Gasteiger partial charge in [-0.3, -0.25) is 4.79 Å². The number of hydrogen-bond acceptors (Lipinski definition) is 5. The van der Waals surface area contributed by atoms with Gasteiger partial charge in [0.15, 0.2) is 11.5 Å². The van der Waals surface area contributed by atoms with Crippen molar-refractivity contribution in [1.82, 2.24) is 0 Å². The van der Waals surface area contributed by atoms with Crippen molar-refractivity contribution in [2.24, 2.45) is 0 Å². The first-order valence-corrected chi connectivity index (χ1v) is 9.99. The average Bonchev–Trinajstić information content (AvgIpc) is 2.74. The molecule has 2 N–H and O–H groups in total. The second-order valence-electron chi connectivity index (χ2n) is 6.21. The zero-order chi connectivity index (χ0) is 19.2. The number of anilines is 3. The van der Waals surface area contributed by atoms with Gasteiger partial charge >= 0.3 is 0 Å². The highest BCUT2D eigenvalue weighted by atomic mass is 32.2. The molecule has 3 aromatic carbocycles. The van der Waals surface area contributed by atoms with Gasteiger partial charge in [-0.05, 0) is 54.6 Å². The maximum absolute atomic E-state index is 12.2. The maximum Gasteiger partial charge on any atom is 0.234 e. The van der Waals surface area contributed by atoms with Crippen LogP contribution in [0.25, 0.3) is 0 Å². The molecule has 0 aliphatic carbocycles. The summed E-state index contributed by atoms with van der Waals surface area (Å²) in [5.74, 6) is 1.76. The number of amides is 1. The molecular formula is C22H20N2O3S. The summed E-state index contributed by atoms with van der Waals surface area (Å²) in [5.41, 5.74) is 2.76. The lowest BCUT2D eigenvalue weighted by Crippen LogP contribution is -2.15. The van der Waals surface area contributed by atoms with E-state index in [1.165, 1.54) is 11.8 Å². The van der Waals surface area contributed by atoms with Crippen LogP contribution in [0.2, 0.25) is 0 Å². The molecule has 3 aromatic rings. The summed E-state index contributed by atoms with van der Waals surface area (Å²) in [7, 11) is 0. The number of hydrogen-bond donors (Lipinski definition) is 2. The molecule has 0 radical (unpaired) electrons. The fraction of sp³-hybridized carbons (Fsp3) is 0.136. The molecule has 1 aliphatic rings. The summed E-state index contributed by atoms with van der Waals surface area (Å²) in [6, 6.07) is 23.3. The van der Waals surface area contributed by atoms with Crippen molar-refractivity contribution in [2.75, 3.05) is 29.6 Å². The quantitative estimate of drug-likeness (QED) is 0.583. The molecule has 0 unspecified atom stereocenters. The normalized spacial score (nSPS) is 12.3. The Morgan fingerprint density at radius 3 is 2.29 bits per heavy atom. The Morgan fingerprint density at radius 2 is 1.50 bits per heavy atom. The van der Waals surface area contributed by atoms with Gasteiger partial charge in [0.1, 0.15) is 13.2 Å². The highest BCUT2D eigenvalue weighted by Crippen LogP contribution is 2.34. The zero-order valence-electron chi connectivity index (χ0n) is 15.2. The number of fused-ring (bicyclic) bond motifs is 1. The Balaban J connectivity index is 1.29. The Bertz CT molecular complexity index is 946. The Hall–Kier alpha value is -3.12.